The molecule has 1 heterocycles. The molecule has 2 aliphatic rings. The van der Waals surface area contributed by atoms with Gasteiger partial charge in [0.05, 0.1) is 25.9 Å². The van der Waals surface area contributed by atoms with E-state index in [9.17, 15) is 15.0 Å². The molecule has 1 spiro atoms. The average Bonchev–Trinajstić information content (AvgIpc) is 2.80. The van der Waals surface area contributed by atoms with Gasteiger partial charge in [-0.2, -0.15) is 0 Å². The highest BCUT2D eigenvalue weighted by Gasteiger charge is 2.56. The Balaban J connectivity index is 2.28. The molecule has 0 aromatic rings. The van der Waals surface area contributed by atoms with Crippen LogP contribution in [-0.4, -0.2) is 53.5 Å². The molecule has 6 heteroatoms. The Labute approximate surface area is 112 Å². The van der Waals surface area contributed by atoms with E-state index in [0.29, 0.717) is 26.1 Å². The monoisotopic (exact) mass is 274 g/mol. The van der Waals surface area contributed by atoms with Gasteiger partial charge < -0.3 is 24.4 Å². The van der Waals surface area contributed by atoms with Gasteiger partial charge in [0.2, 0.25) is 0 Å². The molecule has 0 aromatic carbocycles. The van der Waals surface area contributed by atoms with Gasteiger partial charge >= 0.3 is 5.97 Å². The molecule has 0 aromatic heterocycles. The van der Waals surface area contributed by atoms with Gasteiger partial charge in [-0.1, -0.05) is 6.92 Å². The summed E-state index contributed by atoms with van der Waals surface area (Å²) in [6, 6.07) is 0. The molecular weight excluding hydrogens is 252 g/mol. The number of carbonyl (C=O) groups is 1. The van der Waals surface area contributed by atoms with E-state index in [1.807, 2.05) is 0 Å². The number of esters is 1. The lowest BCUT2D eigenvalue weighted by Gasteiger charge is -2.35. The van der Waals surface area contributed by atoms with Crippen LogP contribution in [0.2, 0.25) is 0 Å². The van der Waals surface area contributed by atoms with E-state index in [-0.39, 0.29) is 18.9 Å². The molecule has 2 N–H and O–H groups in total. The normalized spacial score (nSPS) is 38.1. The fourth-order valence-electron chi connectivity index (χ4n) is 2.87. The van der Waals surface area contributed by atoms with Gasteiger partial charge in [0.1, 0.15) is 0 Å². The van der Waals surface area contributed by atoms with Crippen LogP contribution in [0.1, 0.15) is 33.1 Å². The van der Waals surface area contributed by atoms with Crippen molar-refractivity contribution in [1.29, 1.82) is 0 Å². The Morgan fingerprint density at radius 3 is 2.63 bits per heavy atom. The third-order valence-electron chi connectivity index (χ3n) is 3.99. The second kappa shape index (κ2) is 5.36. The number of rotatable bonds is 2. The van der Waals surface area contributed by atoms with Crippen molar-refractivity contribution in [1.82, 2.24) is 0 Å². The fraction of sp³-hybridized carbons (Fsp3) is 0.923. The van der Waals surface area contributed by atoms with E-state index in [4.69, 9.17) is 14.2 Å². The molecule has 3 atom stereocenters. The van der Waals surface area contributed by atoms with Crippen LogP contribution < -0.4 is 0 Å². The minimum absolute atomic E-state index is 0.0929. The molecule has 1 saturated heterocycles. The van der Waals surface area contributed by atoms with Crippen LogP contribution in [0.3, 0.4) is 0 Å². The highest BCUT2D eigenvalue weighted by atomic mass is 16.7. The first-order valence-corrected chi connectivity index (χ1v) is 6.79. The van der Waals surface area contributed by atoms with E-state index in [0.717, 1.165) is 0 Å². The summed E-state index contributed by atoms with van der Waals surface area (Å²) in [6.07, 6.45) is -0.112. The number of aliphatic hydroxyl groups is 2. The average molecular weight is 274 g/mol. The summed E-state index contributed by atoms with van der Waals surface area (Å²) in [4.78, 5) is 12.0. The van der Waals surface area contributed by atoms with E-state index in [2.05, 4.69) is 0 Å². The Morgan fingerprint density at radius 1 is 1.42 bits per heavy atom. The number of hydrogen-bond acceptors (Lipinski definition) is 6. The van der Waals surface area contributed by atoms with Gasteiger partial charge in [0, 0.05) is 12.8 Å². The van der Waals surface area contributed by atoms with E-state index in [1.165, 1.54) is 0 Å². The summed E-state index contributed by atoms with van der Waals surface area (Å²) in [5.74, 6) is -2.02. The zero-order valence-corrected chi connectivity index (χ0v) is 11.4. The topological polar surface area (TPSA) is 85.2 Å². The fourth-order valence-corrected chi connectivity index (χ4v) is 2.87. The molecule has 6 nitrogen and oxygen atoms in total. The Morgan fingerprint density at radius 2 is 2.05 bits per heavy atom. The third-order valence-corrected chi connectivity index (χ3v) is 3.99. The quantitative estimate of drug-likeness (QED) is 0.700. The number of hydrogen-bond donors (Lipinski definition) is 2. The predicted molar refractivity (Wildman–Crippen MR) is 65.2 cm³/mol. The van der Waals surface area contributed by atoms with E-state index in [1.54, 1.807) is 13.8 Å². The van der Waals surface area contributed by atoms with Crippen LogP contribution in [-0.2, 0) is 19.0 Å². The van der Waals surface area contributed by atoms with Crippen LogP contribution in [0.5, 0.6) is 0 Å². The number of ether oxygens (including phenoxy) is 3. The molecule has 0 radical (unpaired) electrons. The van der Waals surface area contributed by atoms with Gasteiger partial charge in [0.15, 0.2) is 11.4 Å². The maximum atomic E-state index is 12.0. The molecule has 0 amide bonds. The first-order chi connectivity index (χ1) is 8.93. The van der Waals surface area contributed by atoms with Crippen molar-refractivity contribution in [2.45, 2.75) is 50.6 Å². The molecule has 1 aliphatic carbocycles. The maximum Gasteiger partial charge on any atom is 0.341 e. The summed E-state index contributed by atoms with van der Waals surface area (Å²) < 4.78 is 16.1. The second-order valence-corrected chi connectivity index (χ2v) is 5.39. The highest BCUT2D eigenvalue weighted by Crippen LogP contribution is 2.42. The van der Waals surface area contributed by atoms with E-state index < -0.39 is 23.5 Å². The minimum Gasteiger partial charge on any atom is -0.464 e. The van der Waals surface area contributed by atoms with Crippen molar-refractivity contribution >= 4 is 5.97 Å². The molecule has 19 heavy (non-hydrogen) atoms. The lowest BCUT2D eigenvalue weighted by Crippen LogP contribution is -2.55. The van der Waals surface area contributed by atoms with Crippen molar-refractivity contribution in [2.75, 3.05) is 19.8 Å². The third kappa shape index (κ3) is 2.63. The van der Waals surface area contributed by atoms with Crippen molar-refractivity contribution in [3.05, 3.63) is 0 Å². The van der Waals surface area contributed by atoms with Crippen LogP contribution in [0.4, 0.5) is 0 Å². The first kappa shape index (κ1) is 14.7. The van der Waals surface area contributed by atoms with E-state index >= 15 is 0 Å². The number of carbonyl (C=O) groups excluding carboxylic acids is 1. The summed E-state index contributed by atoms with van der Waals surface area (Å²) in [5.41, 5.74) is -1.98. The Bertz CT molecular complexity index is 338. The van der Waals surface area contributed by atoms with Crippen LogP contribution in [0.15, 0.2) is 0 Å². The van der Waals surface area contributed by atoms with Crippen molar-refractivity contribution < 1.29 is 29.2 Å². The van der Waals surface area contributed by atoms with Gasteiger partial charge in [-0.05, 0) is 19.3 Å². The smallest absolute Gasteiger partial charge is 0.341 e. The lowest BCUT2D eigenvalue weighted by atomic mass is 9.85. The van der Waals surface area contributed by atoms with Crippen LogP contribution in [0, 0.1) is 5.92 Å². The SMILES string of the molecule is CCOC(=O)[C@]1(O)CC2(CC[C@@H](C)C1O)OCCO2. The van der Waals surface area contributed by atoms with Gasteiger partial charge in [-0.25, -0.2) is 4.79 Å². The summed E-state index contributed by atoms with van der Waals surface area (Å²) >= 11 is 0. The molecule has 1 saturated carbocycles. The molecule has 0 bridgehead atoms. The zero-order valence-electron chi connectivity index (χ0n) is 11.4. The molecular formula is C13H22O6. The molecule has 110 valence electrons. The zero-order chi connectivity index (χ0) is 14.1. The molecule has 1 aliphatic heterocycles. The second-order valence-electron chi connectivity index (χ2n) is 5.39. The summed E-state index contributed by atoms with van der Waals surface area (Å²) in [6.45, 7) is 4.47. The highest BCUT2D eigenvalue weighted by molar-refractivity contribution is 5.80. The van der Waals surface area contributed by atoms with Crippen LogP contribution in [0.25, 0.3) is 0 Å². The van der Waals surface area contributed by atoms with Gasteiger partial charge in [-0.3, -0.25) is 0 Å². The van der Waals surface area contributed by atoms with Gasteiger partial charge in [0.25, 0.3) is 0 Å². The summed E-state index contributed by atoms with van der Waals surface area (Å²) in [7, 11) is 0. The molecule has 2 rings (SSSR count). The van der Waals surface area contributed by atoms with Crippen molar-refractivity contribution in [2.24, 2.45) is 5.92 Å². The number of aliphatic hydroxyl groups excluding tert-OH is 1. The maximum absolute atomic E-state index is 12.0. The van der Waals surface area contributed by atoms with Crippen LogP contribution >= 0.6 is 0 Å². The standard InChI is InChI=1S/C13H22O6/c1-3-17-11(15)13(16)8-12(18-6-7-19-12)5-4-9(2)10(13)14/h9-10,14,16H,3-8H2,1-2H3/t9-,10?,13+/m1/s1. The largest absolute Gasteiger partial charge is 0.464 e. The summed E-state index contributed by atoms with van der Waals surface area (Å²) in [5, 5.41) is 20.9. The molecule has 1 unspecified atom stereocenters. The van der Waals surface area contributed by atoms with Crippen molar-refractivity contribution in [3.8, 4) is 0 Å². The Kier molecular flexibility index (Phi) is 4.15. The minimum atomic E-state index is -1.98. The van der Waals surface area contributed by atoms with Gasteiger partial charge in [-0.15, -0.1) is 0 Å². The predicted octanol–water partition coefficient (Wildman–Crippen LogP) is 0.205. The molecule has 2 fully saturated rings. The lowest BCUT2D eigenvalue weighted by molar-refractivity contribution is -0.219. The first-order valence-electron chi connectivity index (χ1n) is 6.79. The Hall–Kier alpha value is -0.690. The van der Waals surface area contributed by atoms with Crippen molar-refractivity contribution in [3.63, 3.8) is 0 Å².